The lowest BCUT2D eigenvalue weighted by atomic mass is 9.90. The van der Waals surface area contributed by atoms with Crippen LogP contribution in [0.25, 0.3) is 6.08 Å². The van der Waals surface area contributed by atoms with E-state index in [0.717, 1.165) is 44.1 Å². The smallest absolute Gasteiger partial charge is 0.0449 e. The Kier molecular flexibility index (Phi) is 12.4. The molecule has 1 heterocycles. The lowest BCUT2D eigenvalue weighted by molar-refractivity contribution is 0.171. The van der Waals surface area contributed by atoms with E-state index in [1.165, 1.54) is 77.7 Å². The van der Waals surface area contributed by atoms with Crippen molar-refractivity contribution in [2.45, 2.75) is 78.9 Å². The molecule has 0 aromatic heterocycles. The van der Waals surface area contributed by atoms with Crippen LogP contribution < -0.4 is 4.90 Å². The first kappa shape index (κ1) is 32.5. The molecule has 0 bridgehead atoms. The van der Waals surface area contributed by atoms with Gasteiger partial charge in [-0.05, 0) is 118 Å². The first-order chi connectivity index (χ1) is 20.9. The zero-order chi connectivity index (χ0) is 30.6. The summed E-state index contributed by atoms with van der Waals surface area (Å²) in [6.45, 7) is 19.9. The molecule has 4 rings (SSSR count). The van der Waals surface area contributed by atoms with Crippen molar-refractivity contribution in [1.82, 2.24) is 9.80 Å². The van der Waals surface area contributed by atoms with Crippen molar-refractivity contribution in [3.05, 3.63) is 131 Å². The quantitative estimate of drug-likeness (QED) is 0.179. The Morgan fingerprint density at radius 1 is 0.884 bits per heavy atom. The molecule has 0 N–H and O–H groups in total. The maximum Gasteiger partial charge on any atom is 0.0449 e. The second-order valence-electron chi connectivity index (χ2n) is 12.4. The van der Waals surface area contributed by atoms with E-state index in [4.69, 9.17) is 0 Å². The molecule has 0 saturated carbocycles. The fourth-order valence-corrected chi connectivity index (χ4v) is 6.51. The van der Waals surface area contributed by atoms with Crippen molar-refractivity contribution in [1.29, 1.82) is 0 Å². The van der Waals surface area contributed by atoms with Crippen LogP contribution >= 0.6 is 0 Å². The lowest BCUT2D eigenvalue weighted by Crippen LogP contribution is -2.33. The molecule has 3 nitrogen and oxygen atoms in total. The summed E-state index contributed by atoms with van der Waals surface area (Å²) in [5.41, 5.74) is 10.9. The van der Waals surface area contributed by atoms with Crippen LogP contribution in [0.4, 0.5) is 5.69 Å². The Hall–Kier alpha value is -3.40. The van der Waals surface area contributed by atoms with Gasteiger partial charge in [0.15, 0.2) is 0 Å². The normalized spacial score (nSPS) is 14.4. The number of benzene rings is 3. The van der Waals surface area contributed by atoms with E-state index < -0.39 is 0 Å². The van der Waals surface area contributed by atoms with Gasteiger partial charge >= 0.3 is 0 Å². The molecule has 0 atom stereocenters. The van der Waals surface area contributed by atoms with Gasteiger partial charge in [-0.2, -0.15) is 0 Å². The number of hydrogen-bond donors (Lipinski definition) is 0. The van der Waals surface area contributed by atoms with Crippen molar-refractivity contribution < 1.29 is 0 Å². The molecule has 1 aliphatic rings. The first-order valence-electron chi connectivity index (χ1n) is 16.3. The predicted octanol–water partition coefficient (Wildman–Crippen LogP) is 9.55. The maximum absolute atomic E-state index is 4.18. The molecule has 1 saturated heterocycles. The molecule has 228 valence electrons. The Morgan fingerprint density at radius 3 is 2.19 bits per heavy atom. The summed E-state index contributed by atoms with van der Waals surface area (Å²) in [4.78, 5) is 7.16. The molecule has 3 aromatic rings. The van der Waals surface area contributed by atoms with Crippen molar-refractivity contribution in [3.63, 3.8) is 0 Å². The molecular weight excluding hydrogens is 522 g/mol. The second kappa shape index (κ2) is 16.4. The van der Waals surface area contributed by atoms with Gasteiger partial charge in [-0.15, -0.1) is 0 Å². The van der Waals surface area contributed by atoms with Gasteiger partial charge < -0.3 is 4.90 Å². The minimum absolute atomic E-state index is 0.849. The number of aryl methyl sites for hydroxylation is 3. The van der Waals surface area contributed by atoms with Crippen molar-refractivity contribution >= 4 is 11.8 Å². The fraction of sp³-hybridized carbons (Fsp3) is 0.400. The second-order valence-corrected chi connectivity index (χ2v) is 12.4. The van der Waals surface area contributed by atoms with E-state index in [2.05, 4.69) is 115 Å². The Morgan fingerprint density at radius 2 is 1.56 bits per heavy atom. The molecule has 0 radical (unpaired) electrons. The summed E-state index contributed by atoms with van der Waals surface area (Å²) in [5, 5.41) is 0. The molecule has 0 spiro atoms. The standard InChI is InChI=1S/C40H53N3/c1-7-24-43(10-4)39-20-18-33(19-21-39)12-11-13-34-22-25-42(26-23-34)30-36-27-37(8-2)40(9-3)38(28-36)31-41(6)29-35-16-14-32(5)15-17-35/h7,9-10,14-21,24,27-28,34H,3-4,8,11-13,22-23,25-26,29-31H2,1-2,5-6H3/b24-7-. The predicted molar refractivity (Wildman–Crippen MR) is 187 cm³/mol. The highest BCUT2D eigenvalue weighted by atomic mass is 15.1. The third kappa shape index (κ3) is 9.55. The van der Waals surface area contributed by atoms with Gasteiger partial charge in [0, 0.05) is 37.7 Å². The van der Waals surface area contributed by atoms with Crippen LogP contribution in [0.2, 0.25) is 0 Å². The van der Waals surface area contributed by atoms with Gasteiger partial charge in [0.1, 0.15) is 0 Å². The summed E-state index contributed by atoms with van der Waals surface area (Å²) in [5.74, 6) is 0.849. The number of allylic oxidation sites excluding steroid dienone is 1. The zero-order valence-electron chi connectivity index (χ0n) is 27.2. The molecule has 1 fully saturated rings. The van der Waals surface area contributed by atoms with Gasteiger partial charge in [-0.1, -0.05) is 92.7 Å². The van der Waals surface area contributed by atoms with Gasteiger partial charge in [0.25, 0.3) is 0 Å². The monoisotopic (exact) mass is 575 g/mol. The van der Waals surface area contributed by atoms with Crippen LogP contribution in [0.3, 0.4) is 0 Å². The van der Waals surface area contributed by atoms with E-state index in [9.17, 15) is 0 Å². The third-order valence-corrected chi connectivity index (χ3v) is 8.94. The summed E-state index contributed by atoms with van der Waals surface area (Å²) in [7, 11) is 2.23. The Balaban J connectivity index is 1.27. The van der Waals surface area contributed by atoms with Gasteiger partial charge in [0.05, 0.1) is 0 Å². The molecule has 0 aliphatic carbocycles. The van der Waals surface area contributed by atoms with Gasteiger partial charge in [-0.25, -0.2) is 0 Å². The van der Waals surface area contributed by atoms with Crippen LogP contribution in [-0.2, 0) is 32.5 Å². The number of likely N-dealkylation sites (tertiary alicyclic amines) is 1. The summed E-state index contributed by atoms with van der Waals surface area (Å²) < 4.78 is 0. The molecule has 3 aromatic carbocycles. The minimum Gasteiger partial charge on any atom is -0.325 e. The zero-order valence-corrected chi connectivity index (χ0v) is 27.2. The van der Waals surface area contributed by atoms with Crippen molar-refractivity contribution in [2.75, 3.05) is 25.0 Å². The molecular formula is C40H53N3. The topological polar surface area (TPSA) is 9.72 Å². The summed E-state index contributed by atoms with van der Waals surface area (Å²) in [6, 6.07) is 22.7. The molecule has 0 amide bonds. The molecule has 43 heavy (non-hydrogen) atoms. The summed E-state index contributed by atoms with van der Waals surface area (Å²) >= 11 is 0. The van der Waals surface area contributed by atoms with E-state index in [1.54, 1.807) is 0 Å². The van der Waals surface area contributed by atoms with Crippen molar-refractivity contribution in [3.8, 4) is 0 Å². The third-order valence-electron chi connectivity index (χ3n) is 8.94. The summed E-state index contributed by atoms with van der Waals surface area (Å²) in [6.07, 6.45) is 15.4. The first-order valence-corrected chi connectivity index (χ1v) is 16.3. The highest BCUT2D eigenvalue weighted by Gasteiger charge is 2.20. The average molecular weight is 576 g/mol. The van der Waals surface area contributed by atoms with Crippen LogP contribution in [-0.4, -0.2) is 29.9 Å². The van der Waals surface area contributed by atoms with Gasteiger partial charge in [0.2, 0.25) is 0 Å². The largest absolute Gasteiger partial charge is 0.325 e. The number of hydrogen-bond acceptors (Lipinski definition) is 3. The Bertz CT molecular complexity index is 1330. The van der Waals surface area contributed by atoms with Crippen LogP contribution in [0.15, 0.2) is 92.3 Å². The highest BCUT2D eigenvalue weighted by Crippen LogP contribution is 2.27. The molecule has 0 unspecified atom stereocenters. The van der Waals surface area contributed by atoms with E-state index >= 15 is 0 Å². The van der Waals surface area contributed by atoms with Crippen molar-refractivity contribution in [2.24, 2.45) is 5.92 Å². The SMILES string of the molecule is C=Cc1c(CC)cc(CN2CCC(CCCc3ccc(N(C=C)/C=C\C)cc3)CC2)cc1CN(C)Cc1ccc(C)cc1. The minimum atomic E-state index is 0.849. The van der Waals surface area contributed by atoms with Crippen LogP contribution in [0.1, 0.15) is 78.5 Å². The molecule has 1 aliphatic heterocycles. The van der Waals surface area contributed by atoms with E-state index in [-0.39, 0.29) is 0 Å². The van der Waals surface area contributed by atoms with E-state index in [0.29, 0.717) is 0 Å². The number of nitrogens with zero attached hydrogens (tertiary/aromatic N) is 3. The number of anilines is 1. The Labute approximate surface area is 262 Å². The lowest BCUT2D eigenvalue weighted by Gasteiger charge is -2.32. The number of piperidine rings is 1. The van der Waals surface area contributed by atoms with Crippen LogP contribution in [0, 0.1) is 12.8 Å². The maximum atomic E-state index is 4.18. The highest BCUT2D eigenvalue weighted by molar-refractivity contribution is 5.58. The van der Waals surface area contributed by atoms with Gasteiger partial charge in [-0.3, -0.25) is 9.80 Å². The fourth-order valence-electron chi connectivity index (χ4n) is 6.51. The average Bonchev–Trinajstić information content (AvgIpc) is 3.02. The van der Waals surface area contributed by atoms with E-state index in [1.807, 2.05) is 25.4 Å². The number of rotatable bonds is 15. The van der Waals surface area contributed by atoms with Crippen LogP contribution in [0.5, 0.6) is 0 Å². The molecule has 3 heteroatoms.